The molecule has 7 heavy (non-hydrogen) atoms. The van der Waals surface area contributed by atoms with Crippen LogP contribution in [0.5, 0.6) is 0 Å². The van der Waals surface area contributed by atoms with Crippen LogP contribution in [0.4, 0.5) is 0 Å². The fourth-order valence-corrected chi connectivity index (χ4v) is 0.673. The van der Waals surface area contributed by atoms with Gasteiger partial charge in [-0.15, -0.1) is 11.6 Å². The van der Waals surface area contributed by atoms with Crippen molar-refractivity contribution in [3.8, 4) is 0 Å². The zero-order valence-corrected chi connectivity index (χ0v) is 5.11. The summed E-state index contributed by atoms with van der Waals surface area (Å²) in [6.45, 7) is 2.95. The molecule has 0 aliphatic carbocycles. The van der Waals surface area contributed by atoms with Crippen LogP contribution in [0.25, 0.3) is 0 Å². The number of halogens is 1. The molecule has 1 nitrogen and oxygen atoms in total. The second-order valence-corrected chi connectivity index (χ2v) is 2.36. The van der Waals surface area contributed by atoms with Gasteiger partial charge >= 0.3 is 0 Å². The highest BCUT2D eigenvalue weighted by atomic mass is 35.5. The average molecular weight is 121 g/mol. The minimum Gasteiger partial charge on any atom is -0.372 e. The lowest BCUT2D eigenvalue weighted by Crippen LogP contribution is -2.03. The summed E-state index contributed by atoms with van der Waals surface area (Å²) in [4.78, 5) is 0. The van der Waals surface area contributed by atoms with Crippen molar-refractivity contribution in [1.82, 2.24) is 0 Å². The Balaban J connectivity index is 2.10. The lowest BCUT2D eigenvalue weighted by atomic mass is 10.3. The first-order chi connectivity index (χ1) is 3.34. The third-order valence-electron chi connectivity index (χ3n) is 1.15. The maximum absolute atomic E-state index is 5.74. The van der Waals surface area contributed by atoms with E-state index in [-0.39, 0.29) is 5.38 Å². The summed E-state index contributed by atoms with van der Waals surface area (Å²) in [5.41, 5.74) is 0. The number of ether oxygens (including phenoxy) is 1. The fourth-order valence-electron chi connectivity index (χ4n) is 0.527. The summed E-state index contributed by atoms with van der Waals surface area (Å²) >= 11 is 5.74. The molecule has 0 aromatic rings. The minimum atomic E-state index is 0.264. The van der Waals surface area contributed by atoms with Crippen LogP contribution in [-0.4, -0.2) is 18.1 Å². The van der Waals surface area contributed by atoms with Gasteiger partial charge < -0.3 is 4.74 Å². The van der Waals surface area contributed by atoms with E-state index in [1.54, 1.807) is 0 Å². The molecule has 1 rings (SSSR count). The third kappa shape index (κ3) is 1.32. The van der Waals surface area contributed by atoms with Crippen molar-refractivity contribution >= 4 is 11.6 Å². The van der Waals surface area contributed by atoms with E-state index in [0.717, 1.165) is 13.0 Å². The van der Waals surface area contributed by atoms with Crippen molar-refractivity contribution in [3.05, 3.63) is 0 Å². The van der Waals surface area contributed by atoms with Crippen LogP contribution in [-0.2, 0) is 4.74 Å². The Labute approximate surface area is 48.6 Å². The molecule has 1 aliphatic rings. The van der Waals surface area contributed by atoms with E-state index in [1.807, 2.05) is 0 Å². The first-order valence-corrected chi connectivity index (χ1v) is 3.04. The average Bonchev–Trinajstić information content (AvgIpc) is 2.44. The number of hydrogen-bond acceptors (Lipinski definition) is 1. The van der Waals surface area contributed by atoms with E-state index >= 15 is 0 Å². The molecule has 2 atom stereocenters. The zero-order chi connectivity index (χ0) is 5.28. The number of epoxide rings is 1. The second kappa shape index (κ2) is 2.01. The summed E-state index contributed by atoms with van der Waals surface area (Å²) in [6.07, 6.45) is 1.40. The van der Waals surface area contributed by atoms with Crippen molar-refractivity contribution in [2.24, 2.45) is 0 Å². The second-order valence-electron chi connectivity index (χ2n) is 1.80. The highest BCUT2D eigenvalue weighted by Gasteiger charge is 2.29. The van der Waals surface area contributed by atoms with E-state index in [4.69, 9.17) is 16.3 Å². The molecule has 2 unspecified atom stereocenters. The van der Waals surface area contributed by atoms with Crippen LogP contribution in [0.1, 0.15) is 13.3 Å². The van der Waals surface area contributed by atoms with Crippen molar-refractivity contribution in [2.45, 2.75) is 24.8 Å². The fraction of sp³-hybridized carbons (Fsp3) is 1.00. The van der Waals surface area contributed by atoms with Gasteiger partial charge in [0.15, 0.2) is 0 Å². The van der Waals surface area contributed by atoms with Gasteiger partial charge in [-0.3, -0.25) is 0 Å². The van der Waals surface area contributed by atoms with Crippen LogP contribution in [0, 0.1) is 0 Å². The zero-order valence-electron chi connectivity index (χ0n) is 4.36. The summed E-state index contributed by atoms with van der Waals surface area (Å²) in [6, 6.07) is 0. The summed E-state index contributed by atoms with van der Waals surface area (Å²) < 4.78 is 4.93. The van der Waals surface area contributed by atoms with Gasteiger partial charge in [0.25, 0.3) is 0 Å². The molecule has 0 bridgehead atoms. The van der Waals surface area contributed by atoms with Crippen molar-refractivity contribution in [3.63, 3.8) is 0 Å². The van der Waals surface area contributed by atoms with Crippen molar-refractivity contribution in [1.29, 1.82) is 0 Å². The molecule has 0 N–H and O–H groups in total. The molecule has 0 amide bonds. The van der Waals surface area contributed by atoms with Gasteiger partial charge in [-0.05, 0) is 6.42 Å². The summed E-state index contributed by atoms with van der Waals surface area (Å²) in [5, 5.41) is 0.264. The smallest absolute Gasteiger partial charge is 0.0972 e. The molecule has 1 heterocycles. The predicted octanol–water partition coefficient (Wildman–Crippen LogP) is 1.40. The number of alkyl halides is 1. The van der Waals surface area contributed by atoms with E-state index in [0.29, 0.717) is 6.10 Å². The number of hydrogen-bond donors (Lipinski definition) is 0. The van der Waals surface area contributed by atoms with Crippen molar-refractivity contribution < 1.29 is 4.74 Å². The molecule has 1 fully saturated rings. The van der Waals surface area contributed by atoms with E-state index < -0.39 is 0 Å². The van der Waals surface area contributed by atoms with Gasteiger partial charge in [0, 0.05) is 0 Å². The monoisotopic (exact) mass is 120 g/mol. The molecule has 42 valence electrons. The van der Waals surface area contributed by atoms with Gasteiger partial charge in [0.05, 0.1) is 18.1 Å². The van der Waals surface area contributed by atoms with E-state index in [2.05, 4.69) is 6.92 Å². The van der Waals surface area contributed by atoms with Gasteiger partial charge in [-0.2, -0.15) is 0 Å². The normalized spacial score (nSPS) is 32.6. The van der Waals surface area contributed by atoms with E-state index in [9.17, 15) is 0 Å². The molecule has 2 heteroatoms. The molecule has 0 aromatic heterocycles. The Kier molecular flexibility index (Phi) is 1.55. The first kappa shape index (κ1) is 5.39. The molecule has 1 saturated heterocycles. The van der Waals surface area contributed by atoms with Crippen LogP contribution < -0.4 is 0 Å². The van der Waals surface area contributed by atoms with Crippen LogP contribution in [0.3, 0.4) is 0 Å². The SMILES string of the molecule is CCC(Cl)C1CO1. The topological polar surface area (TPSA) is 12.5 Å². The van der Waals surface area contributed by atoms with Gasteiger partial charge in [0.2, 0.25) is 0 Å². The lowest BCUT2D eigenvalue weighted by molar-refractivity contribution is 0.398. The quantitative estimate of drug-likeness (QED) is 0.397. The molecular formula is C5H9ClO. The van der Waals surface area contributed by atoms with Crippen LogP contribution in [0.2, 0.25) is 0 Å². The highest BCUT2D eigenvalue weighted by molar-refractivity contribution is 6.21. The Morgan fingerprint density at radius 3 is 2.71 bits per heavy atom. The van der Waals surface area contributed by atoms with Gasteiger partial charge in [-0.25, -0.2) is 0 Å². The molecule has 0 spiro atoms. The molecule has 0 saturated carbocycles. The summed E-state index contributed by atoms with van der Waals surface area (Å²) in [5.74, 6) is 0. The number of rotatable bonds is 2. The highest BCUT2D eigenvalue weighted by Crippen LogP contribution is 2.20. The molecule has 0 aromatic carbocycles. The van der Waals surface area contributed by atoms with Gasteiger partial charge in [0.1, 0.15) is 0 Å². The largest absolute Gasteiger partial charge is 0.372 e. The maximum atomic E-state index is 5.74. The Morgan fingerprint density at radius 1 is 2.00 bits per heavy atom. The van der Waals surface area contributed by atoms with Gasteiger partial charge in [-0.1, -0.05) is 6.92 Å². The Morgan fingerprint density at radius 2 is 2.57 bits per heavy atom. The third-order valence-corrected chi connectivity index (χ3v) is 1.74. The lowest BCUT2D eigenvalue weighted by Gasteiger charge is -1.96. The minimum absolute atomic E-state index is 0.264. The molecule has 0 radical (unpaired) electrons. The molecular weight excluding hydrogens is 112 g/mol. The van der Waals surface area contributed by atoms with Crippen molar-refractivity contribution in [2.75, 3.05) is 6.61 Å². The first-order valence-electron chi connectivity index (χ1n) is 2.60. The maximum Gasteiger partial charge on any atom is 0.0972 e. The Hall–Kier alpha value is 0.250. The molecule has 1 aliphatic heterocycles. The summed E-state index contributed by atoms with van der Waals surface area (Å²) in [7, 11) is 0. The van der Waals surface area contributed by atoms with E-state index in [1.165, 1.54) is 0 Å². The van der Waals surface area contributed by atoms with Crippen LogP contribution >= 0.6 is 11.6 Å². The van der Waals surface area contributed by atoms with Crippen LogP contribution in [0.15, 0.2) is 0 Å². The predicted molar refractivity (Wildman–Crippen MR) is 29.7 cm³/mol. The Bertz CT molecular complexity index is 61.1. The standard InChI is InChI=1S/C5H9ClO/c1-2-4(6)5-3-7-5/h4-5H,2-3H2,1H3.